The van der Waals surface area contributed by atoms with Crippen molar-refractivity contribution in [2.75, 3.05) is 0 Å². The van der Waals surface area contributed by atoms with Gasteiger partial charge in [-0.3, -0.25) is 0 Å². The van der Waals surface area contributed by atoms with Gasteiger partial charge in [0.05, 0.1) is 0 Å². The van der Waals surface area contributed by atoms with E-state index in [1.807, 2.05) is 42.1 Å². The zero-order valence-corrected chi connectivity index (χ0v) is 13.3. The third-order valence-electron chi connectivity index (χ3n) is 3.51. The van der Waals surface area contributed by atoms with Crippen molar-refractivity contribution in [2.45, 2.75) is 24.9 Å². The van der Waals surface area contributed by atoms with Crippen LogP contribution in [0.1, 0.15) is 30.3 Å². The van der Waals surface area contributed by atoms with Gasteiger partial charge in [-0.2, -0.15) is 0 Å². The zero-order valence-electron chi connectivity index (χ0n) is 11.7. The van der Waals surface area contributed by atoms with Crippen molar-refractivity contribution in [3.8, 4) is 0 Å². The second-order valence-electron chi connectivity index (χ2n) is 5.27. The third-order valence-corrected chi connectivity index (χ3v) is 4.00. The maximum atomic E-state index is 5.98. The Bertz CT molecular complexity index is 633. The minimum absolute atomic E-state index is 0.0963. The summed E-state index contributed by atoms with van der Waals surface area (Å²) < 4.78 is 1.99. The molecule has 0 unspecified atom stereocenters. The molecular formula is C15H17ClN4S. The molecule has 1 fully saturated rings. The van der Waals surface area contributed by atoms with Crippen LogP contribution in [0.5, 0.6) is 0 Å². The van der Waals surface area contributed by atoms with Gasteiger partial charge in [0.25, 0.3) is 0 Å². The number of nitrogens with one attached hydrogen (secondary N) is 2. The van der Waals surface area contributed by atoms with Crippen LogP contribution in [0.3, 0.4) is 0 Å². The van der Waals surface area contributed by atoms with Gasteiger partial charge in [-0.05, 0) is 42.8 Å². The van der Waals surface area contributed by atoms with E-state index >= 15 is 0 Å². The standard InChI is InChI=1S/C15H17ClN4S/c1-20-9-8-17-14(20)13(10-2-4-11(16)5-3-10)19-15(21)18-12-6-7-12/h2-5,8-9,12-13H,6-7H2,1H3,(H2,18,19,21)/t13-/m0/s1. The van der Waals surface area contributed by atoms with Crippen LogP contribution in [0.15, 0.2) is 36.7 Å². The molecule has 2 N–H and O–H groups in total. The summed E-state index contributed by atoms with van der Waals surface area (Å²) in [6, 6.07) is 8.18. The van der Waals surface area contributed by atoms with E-state index < -0.39 is 0 Å². The van der Waals surface area contributed by atoms with Crippen molar-refractivity contribution in [3.05, 3.63) is 53.1 Å². The number of nitrogens with zero attached hydrogens (tertiary/aromatic N) is 2. The van der Waals surface area contributed by atoms with Crippen molar-refractivity contribution < 1.29 is 0 Å². The van der Waals surface area contributed by atoms with E-state index in [0.29, 0.717) is 11.2 Å². The fraction of sp³-hybridized carbons (Fsp3) is 0.333. The van der Waals surface area contributed by atoms with Gasteiger partial charge in [0.1, 0.15) is 11.9 Å². The molecule has 0 aliphatic heterocycles. The molecule has 1 saturated carbocycles. The van der Waals surface area contributed by atoms with E-state index in [9.17, 15) is 0 Å². The van der Waals surface area contributed by atoms with Crippen LogP contribution in [0.25, 0.3) is 0 Å². The molecule has 110 valence electrons. The molecule has 1 heterocycles. The Hall–Kier alpha value is -1.59. The molecule has 6 heteroatoms. The Morgan fingerprint density at radius 2 is 2.10 bits per heavy atom. The SMILES string of the molecule is Cn1ccnc1[C@@H](NC(=S)NC1CC1)c1ccc(Cl)cc1. The molecule has 1 aromatic carbocycles. The summed E-state index contributed by atoms with van der Waals surface area (Å²) in [7, 11) is 1.98. The molecule has 1 aliphatic rings. The van der Waals surface area contributed by atoms with Gasteiger partial charge < -0.3 is 15.2 Å². The maximum absolute atomic E-state index is 5.98. The first-order chi connectivity index (χ1) is 10.1. The minimum Gasteiger partial charge on any atom is -0.360 e. The summed E-state index contributed by atoms with van der Waals surface area (Å²) in [6.07, 6.45) is 6.10. The summed E-state index contributed by atoms with van der Waals surface area (Å²) in [5, 5.41) is 8.05. The van der Waals surface area contributed by atoms with Gasteiger partial charge >= 0.3 is 0 Å². The number of rotatable bonds is 4. The Morgan fingerprint density at radius 1 is 1.38 bits per heavy atom. The van der Waals surface area contributed by atoms with Crippen LogP contribution in [-0.4, -0.2) is 20.7 Å². The first kappa shape index (κ1) is 14.4. The summed E-state index contributed by atoms with van der Waals surface area (Å²) in [5.41, 5.74) is 1.08. The summed E-state index contributed by atoms with van der Waals surface area (Å²) in [5.74, 6) is 0.914. The molecule has 1 aromatic heterocycles. The smallest absolute Gasteiger partial charge is 0.167 e. The number of imidazole rings is 1. The Balaban J connectivity index is 1.85. The topological polar surface area (TPSA) is 41.9 Å². The zero-order chi connectivity index (χ0) is 14.8. The van der Waals surface area contributed by atoms with Crippen molar-refractivity contribution in [1.82, 2.24) is 20.2 Å². The van der Waals surface area contributed by atoms with Crippen molar-refractivity contribution in [2.24, 2.45) is 7.05 Å². The van der Waals surface area contributed by atoms with Crippen LogP contribution in [-0.2, 0) is 7.05 Å². The second-order valence-corrected chi connectivity index (χ2v) is 6.12. The second kappa shape index (κ2) is 6.03. The van der Waals surface area contributed by atoms with Gasteiger partial charge in [-0.1, -0.05) is 23.7 Å². The fourth-order valence-electron chi connectivity index (χ4n) is 2.19. The van der Waals surface area contributed by atoms with Gasteiger partial charge in [-0.25, -0.2) is 4.98 Å². The highest BCUT2D eigenvalue weighted by Crippen LogP contribution is 2.23. The number of aromatic nitrogens is 2. The largest absolute Gasteiger partial charge is 0.360 e. The predicted octanol–water partition coefficient (Wildman–Crippen LogP) is 2.79. The average molecular weight is 321 g/mol. The van der Waals surface area contributed by atoms with Crippen molar-refractivity contribution >= 4 is 28.9 Å². The third kappa shape index (κ3) is 3.54. The van der Waals surface area contributed by atoms with E-state index in [2.05, 4.69) is 15.6 Å². The molecule has 0 amide bonds. The maximum Gasteiger partial charge on any atom is 0.167 e. The number of aryl methyl sites for hydroxylation is 1. The van der Waals surface area contributed by atoms with E-state index in [1.54, 1.807) is 6.20 Å². The monoisotopic (exact) mass is 320 g/mol. The molecule has 21 heavy (non-hydrogen) atoms. The molecule has 1 aliphatic carbocycles. The van der Waals surface area contributed by atoms with Crippen LogP contribution in [0.2, 0.25) is 5.02 Å². The highest BCUT2D eigenvalue weighted by molar-refractivity contribution is 7.80. The Labute approximate surface area is 134 Å². The van der Waals surface area contributed by atoms with Crippen LogP contribution in [0.4, 0.5) is 0 Å². The van der Waals surface area contributed by atoms with Crippen LogP contribution < -0.4 is 10.6 Å². The normalized spacial score (nSPS) is 15.5. The molecular weight excluding hydrogens is 304 g/mol. The van der Waals surface area contributed by atoms with E-state index in [0.717, 1.165) is 16.4 Å². The molecule has 0 bridgehead atoms. The number of hydrogen-bond donors (Lipinski definition) is 2. The highest BCUT2D eigenvalue weighted by Gasteiger charge is 2.24. The lowest BCUT2D eigenvalue weighted by atomic mass is 10.1. The summed E-state index contributed by atoms with van der Waals surface area (Å²) in [6.45, 7) is 0. The molecule has 4 nitrogen and oxygen atoms in total. The fourth-order valence-corrected chi connectivity index (χ4v) is 2.60. The summed E-state index contributed by atoms with van der Waals surface area (Å²) in [4.78, 5) is 4.44. The number of benzene rings is 1. The Kier molecular flexibility index (Phi) is 4.12. The predicted molar refractivity (Wildman–Crippen MR) is 88.4 cm³/mol. The number of hydrogen-bond acceptors (Lipinski definition) is 2. The first-order valence-electron chi connectivity index (χ1n) is 6.93. The first-order valence-corrected chi connectivity index (χ1v) is 7.72. The molecule has 0 saturated heterocycles. The number of halogens is 1. The lowest BCUT2D eigenvalue weighted by Crippen LogP contribution is -2.40. The molecule has 3 rings (SSSR count). The molecule has 2 aromatic rings. The van der Waals surface area contributed by atoms with Crippen LogP contribution in [0, 0.1) is 0 Å². The lowest BCUT2D eigenvalue weighted by molar-refractivity contribution is 0.651. The Morgan fingerprint density at radius 3 is 2.67 bits per heavy atom. The van der Waals surface area contributed by atoms with Gasteiger partial charge in [0, 0.05) is 30.5 Å². The van der Waals surface area contributed by atoms with Gasteiger partial charge in [0.2, 0.25) is 0 Å². The highest BCUT2D eigenvalue weighted by atomic mass is 35.5. The van der Waals surface area contributed by atoms with Gasteiger partial charge in [-0.15, -0.1) is 0 Å². The van der Waals surface area contributed by atoms with Gasteiger partial charge in [0.15, 0.2) is 5.11 Å². The van der Waals surface area contributed by atoms with Crippen LogP contribution >= 0.6 is 23.8 Å². The van der Waals surface area contributed by atoms with Crippen molar-refractivity contribution in [1.29, 1.82) is 0 Å². The average Bonchev–Trinajstić information content (AvgIpc) is 3.17. The molecule has 0 spiro atoms. The van der Waals surface area contributed by atoms with E-state index in [1.165, 1.54) is 12.8 Å². The summed E-state index contributed by atoms with van der Waals surface area (Å²) >= 11 is 11.4. The molecule has 0 radical (unpaired) electrons. The quantitative estimate of drug-likeness (QED) is 0.850. The van der Waals surface area contributed by atoms with E-state index in [4.69, 9.17) is 23.8 Å². The van der Waals surface area contributed by atoms with Crippen molar-refractivity contribution in [3.63, 3.8) is 0 Å². The minimum atomic E-state index is -0.0963. The number of thiocarbonyl (C=S) groups is 1. The van der Waals surface area contributed by atoms with E-state index in [-0.39, 0.29) is 6.04 Å². The molecule has 1 atom stereocenters. The lowest BCUT2D eigenvalue weighted by Gasteiger charge is -2.21.